The highest BCUT2D eigenvalue weighted by Crippen LogP contribution is 2.44. The van der Waals surface area contributed by atoms with E-state index in [0.29, 0.717) is 12.0 Å². The van der Waals surface area contributed by atoms with Gasteiger partial charge in [-0.2, -0.15) is 0 Å². The van der Waals surface area contributed by atoms with Gasteiger partial charge in [0.1, 0.15) is 5.75 Å². The van der Waals surface area contributed by atoms with Gasteiger partial charge in [-0.15, -0.1) is 0 Å². The van der Waals surface area contributed by atoms with Crippen LogP contribution in [0, 0.1) is 5.92 Å². The van der Waals surface area contributed by atoms with E-state index >= 15 is 0 Å². The number of likely N-dealkylation sites (tertiary alicyclic amines) is 1. The fourth-order valence-corrected chi connectivity index (χ4v) is 6.61. The van der Waals surface area contributed by atoms with Crippen LogP contribution >= 0.6 is 0 Å². The number of hydrogen-bond donors (Lipinski definition) is 1. The van der Waals surface area contributed by atoms with Crippen LogP contribution in [0.1, 0.15) is 23.5 Å². The van der Waals surface area contributed by atoms with Crippen molar-refractivity contribution in [3.8, 4) is 5.75 Å². The van der Waals surface area contributed by atoms with Gasteiger partial charge in [0, 0.05) is 68.3 Å². The number of anilines is 1. The molecule has 3 heterocycles. The van der Waals surface area contributed by atoms with Gasteiger partial charge in [-0.1, -0.05) is 24.3 Å². The molecule has 6 rings (SSSR count). The van der Waals surface area contributed by atoms with Crippen molar-refractivity contribution < 1.29 is 4.74 Å². The van der Waals surface area contributed by atoms with E-state index in [1.54, 1.807) is 12.7 Å². The summed E-state index contributed by atoms with van der Waals surface area (Å²) in [5.41, 5.74) is 5.63. The van der Waals surface area contributed by atoms with Crippen LogP contribution in [0.5, 0.6) is 5.75 Å². The van der Waals surface area contributed by atoms with Crippen LogP contribution in [0.3, 0.4) is 0 Å². The molecule has 3 aromatic rings. The molecule has 1 aliphatic carbocycles. The molecule has 32 heavy (non-hydrogen) atoms. The number of piperazine rings is 1. The predicted octanol–water partition coefficient (Wildman–Crippen LogP) is 3.96. The number of ether oxygens (including phenoxy) is 1. The van der Waals surface area contributed by atoms with Crippen molar-refractivity contribution in [3.05, 3.63) is 59.8 Å². The normalized spacial score (nSPS) is 26.3. The lowest BCUT2D eigenvalue weighted by Gasteiger charge is -2.47. The van der Waals surface area contributed by atoms with Crippen LogP contribution in [-0.2, 0) is 6.42 Å². The Kier molecular flexibility index (Phi) is 5.11. The molecule has 0 radical (unpaired) electrons. The summed E-state index contributed by atoms with van der Waals surface area (Å²) < 4.78 is 5.59. The van der Waals surface area contributed by atoms with Gasteiger partial charge in [0.2, 0.25) is 0 Å². The van der Waals surface area contributed by atoms with Crippen LogP contribution in [0.25, 0.3) is 10.9 Å². The van der Waals surface area contributed by atoms with Gasteiger partial charge in [-0.25, -0.2) is 0 Å². The van der Waals surface area contributed by atoms with Crippen LogP contribution in [0.2, 0.25) is 0 Å². The second kappa shape index (κ2) is 8.13. The molecule has 1 aromatic heterocycles. The standard InChI is InChI=1S/C27H34N4O/c1-29-17-19(14-22-21-6-5-7-23-27(21)20(16-28-23)15-25(22)29)18-30-10-12-31(13-11-30)24-8-3-4-9-26(24)32-2/h3-9,16,19,22,25,28H,10-15,17-18H2,1-2H3/t19-,22+,25+/m0/s1. The summed E-state index contributed by atoms with van der Waals surface area (Å²) in [5, 5.41) is 1.51. The molecule has 168 valence electrons. The number of benzene rings is 2. The zero-order valence-electron chi connectivity index (χ0n) is 19.3. The molecular formula is C27H34N4O. The molecule has 2 fully saturated rings. The summed E-state index contributed by atoms with van der Waals surface area (Å²) in [6.45, 7) is 6.82. The third-order valence-corrected chi connectivity index (χ3v) is 8.13. The average Bonchev–Trinajstić information content (AvgIpc) is 3.25. The van der Waals surface area contributed by atoms with Crippen molar-refractivity contribution in [2.24, 2.45) is 5.92 Å². The Hall–Kier alpha value is -2.50. The number of H-pyrrole nitrogens is 1. The maximum absolute atomic E-state index is 5.59. The number of rotatable bonds is 4. The van der Waals surface area contributed by atoms with E-state index in [0.717, 1.165) is 37.8 Å². The zero-order valence-corrected chi connectivity index (χ0v) is 19.3. The smallest absolute Gasteiger partial charge is 0.142 e. The van der Waals surface area contributed by atoms with E-state index in [1.165, 1.54) is 48.1 Å². The zero-order chi connectivity index (χ0) is 21.7. The lowest BCUT2D eigenvalue weighted by molar-refractivity contribution is 0.0854. The van der Waals surface area contributed by atoms with Gasteiger partial charge in [0.15, 0.2) is 0 Å². The highest BCUT2D eigenvalue weighted by Gasteiger charge is 2.39. The molecule has 3 atom stereocenters. The topological polar surface area (TPSA) is 34.7 Å². The Labute approximate surface area is 190 Å². The van der Waals surface area contributed by atoms with Crippen LogP contribution in [0.4, 0.5) is 5.69 Å². The first-order valence-corrected chi connectivity index (χ1v) is 12.1. The Morgan fingerprint density at radius 1 is 1.03 bits per heavy atom. The lowest BCUT2D eigenvalue weighted by Crippen LogP contribution is -2.52. The molecule has 0 bridgehead atoms. The van der Waals surface area contributed by atoms with Crippen molar-refractivity contribution in [3.63, 3.8) is 0 Å². The van der Waals surface area contributed by atoms with E-state index in [4.69, 9.17) is 4.74 Å². The van der Waals surface area contributed by atoms with E-state index in [2.05, 4.69) is 69.3 Å². The highest BCUT2D eigenvalue weighted by molar-refractivity contribution is 5.88. The fraction of sp³-hybridized carbons (Fsp3) is 0.481. The second-order valence-electron chi connectivity index (χ2n) is 9.96. The van der Waals surface area contributed by atoms with Crippen LogP contribution in [0.15, 0.2) is 48.7 Å². The number of para-hydroxylation sites is 2. The number of aromatic amines is 1. The molecular weight excluding hydrogens is 396 g/mol. The summed E-state index contributed by atoms with van der Waals surface area (Å²) in [5.74, 6) is 2.37. The summed E-state index contributed by atoms with van der Waals surface area (Å²) in [7, 11) is 4.12. The average molecular weight is 431 g/mol. The fourth-order valence-electron chi connectivity index (χ4n) is 6.61. The Morgan fingerprint density at radius 3 is 2.72 bits per heavy atom. The lowest BCUT2D eigenvalue weighted by atomic mass is 9.72. The first kappa shape index (κ1) is 20.1. The summed E-state index contributed by atoms with van der Waals surface area (Å²) in [6, 6.07) is 15.9. The number of aromatic nitrogens is 1. The van der Waals surface area contributed by atoms with E-state index in [-0.39, 0.29) is 0 Å². The number of hydrogen-bond acceptors (Lipinski definition) is 4. The number of fused-ring (bicyclic) bond motifs is 2. The summed E-state index contributed by atoms with van der Waals surface area (Å²) in [6.07, 6.45) is 4.74. The van der Waals surface area contributed by atoms with E-state index in [9.17, 15) is 0 Å². The number of nitrogens with zero attached hydrogens (tertiary/aromatic N) is 3. The van der Waals surface area contributed by atoms with Crippen LogP contribution in [-0.4, -0.2) is 74.3 Å². The SMILES string of the molecule is COc1ccccc1N1CCN(C[C@H]2C[C@@H]3c4cccc5[nH]cc(c45)C[C@H]3N(C)C2)CC1. The summed E-state index contributed by atoms with van der Waals surface area (Å²) >= 11 is 0. The van der Waals surface area contributed by atoms with Crippen LogP contribution < -0.4 is 9.64 Å². The third kappa shape index (κ3) is 3.39. The number of methoxy groups -OCH3 is 1. The van der Waals surface area contributed by atoms with Gasteiger partial charge in [0.25, 0.3) is 0 Å². The first-order valence-electron chi connectivity index (χ1n) is 12.1. The predicted molar refractivity (Wildman–Crippen MR) is 131 cm³/mol. The van der Waals surface area contributed by atoms with Crippen molar-refractivity contribution in [2.45, 2.75) is 24.8 Å². The van der Waals surface area contributed by atoms with Gasteiger partial charge < -0.3 is 19.5 Å². The minimum atomic E-state index is 0.641. The van der Waals surface area contributed by atoms with Crippen molar-refractivity contribution >= 4 is 16.6 Å². The summed E-state index contributed by atoms with van der Waals surface area (Å²) in [4.78, 5) is 11.3. The second-order valence-corrected chi connectivity index (χ2v) is 9.96. The van der Waals surface area contributed by atoms with Crippen molar-refractivity contribution in [1.82, 2.24) is 14.8 Å². The minimum Gasteiger partial charge on any atom is -0.495 e. The molecule has 1 N–H and O–H groups in total. The van der Waals surface area contributed by atoms with Gasteiger partial charge in [-0.05, 0) is 55.1 Å². The van der Waals surface area contributed by atoms with Gasteiger partial charge >= 0.3 is 0 Å². The minimum absolute atomic E-state index is 0.641. The maximum atomic E-state index is 5.59. The molecule has 2 aromatic carbocycles. The Balaban J connectivity index is 1.14. The molecule has 5 heteroatoms. The van der Waals surface area contributed by atoms with E-state index in [1.807, 2.05) is 6.07 Å². The molecule has 2 saturated heterocycles. The molecule has 0 spiro atoms. The molecule has 2 aliphatic heterocycles. The molecule has 5 nitrogen and oxygen atoms in total. The van der Waals surface area contributed by atoms with Crippen molar-refractivity contribution in [2.75, 3.05) is 58.3 Å². The molecule has 0 unspecified atom stereocenters. The number of piperidine rings is 1. The maximum Gasteiger partial charge on any atom is 0.142 e. The highest BCUT2D eigenvalue weighted by atomic mass is 16.5. The molecule has 0 amide bonds. The number of likely N-dealkylation sites (N-methyl/N-ethyl adjacent to an activating group) is 1. The third-order valence-electron chi connectivity index (χ3n) is 8.13. The number of nitrogens with one attached hydrogen (secondary N) is 1. The largest absolute Gasteiger partial charge is 0.495 e. The first-order chi connectivity index (χ1) is 15.7. The monoisotopic (exact) mass is 430 g/mol. The van der Waals surface area contributed by atoms with Gasteiger partial charge in [-0.3, -0.25) is 4.90 Å². The Morgan fingerprint density at radius 2 is 1.88 bits per heavy atom. The quantitative estimate of drug-likeness (QED) is 0.680. The Bertz CT molecular complexity index is 1100. The van der Waals surface area contributed by atoms with Gasteiger partial charge in [0.05, 0.1) is 12.8 Å². The van der Waals surface area contributed by atoms with Crippen molar-refractivity contribution in [1.29, 1.82) is 0 Å². The molecule has 3 aliphatic rings. The molecule has 0 saturated carbocycles. The van der Waals surface area contributed by atoms with E-state index < -0.39 is 0 Å².